The van der Waals surface area contributed by atoms with E-state index in [0.29, 0.717) is 0 Å². The van der Waals surface area contributed by atoms with E-state index in [4.69, 9.17) is 9.97 Å². The van der Waals surface area contributed by atoms with E-state index in [-0.39, 0.29) is 0 Å². The van der Waals surface area contributed by atoms with Crippen LogP contribution >= 0.6 is 11.3 Å². The van der Waals surface area contributed by atoms with Crippen molar-refractivity contribution in [2.24, 2.45) is 0 Å². The van der Waals surface area contributed by atoms with Crippen LogP contribution in [-0.2, 0) is 0 Å². The Morgan fingerprint density at radius 3 is 2.52 bits per heavy atom. The van der Waals surface area contributed by atoms with Crippen molar-refractivity contribution in [3.05, 3.63) is 90.6 Å². The fourth-order valence-corrected chi connectivity index (χ4v) is 4.35. The summed E-state index contributed by atoms with van der Waals surface area (Å²) in [6, 6.07) is 25.1. The molecule has 0 bridgehead atoms. The number of nitrogens with one attached hydrogen (secondary N) is 1. The number of imidazole rings is 2. The molecule has 3 heterocycles. The SMILES string of the molecule is c1ccc(-c2cccc(-c3nc4ccc(-c5cn6ccsc6n5)cc4[nH]3)c2)cc1. The second-order valence-corrected chi connectivity index (χ2v) is 7.86. The first-order chi connectivity index (χ1) is 14.3. The molecule has 0 spiro atoms. The van der Waals surface area contributed by atoms with Crippen LogP contribution in [0, 0.1) is 0 Å². The van der Waals surface area contributed by atoms with E-state index >= 15 is 0 Å². The predicted molar refractivity (Wildman–Crippen MR) is 119 cm³/mol. The first-order valence-corrected chi connectivity index (χ1v) is 10.3. The summed E-state index contributed by atoms with van der Waals surface area (Å²) in [5.41, 5.74) is 7.48. The molecule has 6 rings (SSSR count). The maximum atomic E-state index is 4.81. The van der Waals surface area contributed by atoms with Gasteiger partial charge >= 0.3 is 0 Å². The second-order valence-electron chi connectivity index (χ2n) is 6.98. The van der Waals surface area contributed by atoms with Gasteiger partial charge in [0.1, 0.15) is 5.82 Å². The molecule has 3 aromatic carbocycles. The van der Waals surface area contributed by atoms with E-state index in [0.717, 1.165) is 38.6 Å². The van der Waals surface area contributed by atoms with Crippen LogP contribution in [0.3, 0.4) is 0 Å². The Labute approximate surface area is 171 Å². The quantitative estimate of drug-likeness (QED) is 0.386. The van der Waals surface area contributed by atoms with Gasteiger partial charge in [0.2, 0.25) is 0 Å². The molecule has 1 N–H and O–H groups in total. The van der Waals surface area contributed by atoms with Gasteiger partial charge < -0.3 is 4.98 Å². The Hall–Kier alpha value is -3.70. The van der Waals surface area contributed by atoms with Gasteiger partial charge in [-0.05, 0) is 29.3 Å². The van der Waals surface area contributed by atoms with Crippen molar-refractivity contribution < 1.29 is 0 Å². The highest BCUT2D eigenvalue weighted by Crippen LogP contribution is 2.29. The Bertz CT molecular complexity index is 1430. The minimum atomic E-state index is 0.876. The van der Waals surface area contributed by atoms with Crippen LogP contribution in [-0.4, -0.2) is 19.4 Å². The molecule has 0 aliphatic carbocycles. The highest BCUT2D eigenvalue weighted by atomic mass is 32.1. The molecule has 3 aromatic heterocycles. The largest absolute Gasteiger partial charge is 0.338 e. The van der Waals surface area contributed by atoms with Gasteiger partial charge in [-0.25, -0.2) is 9.97 Å². The molecule has 0 amide bonds. The summed E-state index contributed by atoms with van der Waals surface area (Å²) in [6.45, 7) is 0. The summed E-state index contributed by atoms with van der Waals surface area (Å²) >= 11 is 1.64. The Balaban J connectivity index is 1.41. The molecule has 6 aromatic rings. The molecule has 0 aliphatic rings. The molecule has 4 nitrogen and oxygen atoms in total. The van der Waals surface area contributed by atoms with E-state index in [1.807, 2.05) is 17.6 Å². The number of aromatic amines is 1. The Morgan fingerprint density at radius 2 is 1.62 bits per heavy atom. The number of aromatic nitrogens is 4. The highest BCUT2D eigenvalue weighted by Gasteiger charge is 2.10. The van der Waals surface area contributed by atoms with Crippen molar-refractivity contribution in [2.75, 3.05) is 0 Å². The summed E-state index contributed by atoms with van der Waals surface area (Å²) < 4.78 is 2.05. The van der Waals surface area contributed by atoms with Crippen molar-refractivity contribution in [3.63, 3.8) is 0 Å². The van der Waals surface area contributed by atoms with Crippen molar-refractivity contribution in [3.8, 4) is 33.8 Å². The summed E-state index contributed by atoms with van der Waals surface area (Å²) in [5.74, 6) is 0.876. The monoisotopic (exact) mass is 392 g/mol. The Morgan fingerprint density at radius 1 is 0.759 bits per heavy atom. The van der Waals surface area contributed by atoms with E-state index in [2.05, 4.69) is 82.3 Å². The molecule has 0 aliphatic heterocycles. The number of benzene rings is 3. The van der Waals surface area contributed by atoms with E-state index < -0.39 is 0 Å². The van der Waals surface area contributed by atoms with Gasteiger partial charge in [-0.1, -0.05) is 54.6 Å². The molecule has 29 heavy (non-hydrogen) atoms. The summed E-state index contributed by atoms with van der Waals surface area (Å²) in [6.07, 6.45) is 4.09. The molecular weight excluding hydrogens is 376 g/mol. The maximum absolute atomic E-state index is 4.81. The minimum absolute atomic E-state index is 0.876. The molecule has 0 saturated carbocycles. The zero-order valence-electron chi connectivity index (χ0n) is 15.4. The summed E-state index contributed by atoms with van der Waals surface area (Å²) in [5, 5.41) is 2.04. The van der Waals surface area contributed by atoms with Gasteiger partial charge in [0.15, 0.2) is 4.96 Å². The van der Waals surface area contributed by atoms with Gasteiger partial charge in [-0.15, -0.1) is 11.3 Å². The van der Waals surface area contributed by atoms with Crippen LogP contribution in [0.2, 0.25) is 0 Å². The standard InChI is InChI=1S/C24H16N4S/c1-2-5-16(6-3-1)17-7-4-8-19(13-17)23-25-20-10-9-18(14-21(20)26-23)22-15-28-11-12-29-24(28)27-22/h1-15H,(H,25,26). The van der Waals surface area contributed by atoms with Crippen LogP contribution in [0.4, 0.5) is 0 Å². The van der Waals surface area contributed by atoms with E-state index in [9.17, 15) is 0 Å². The number of fused-ring (bicyclic) bond motifs is 2. The van der Waals surface area contributed by atoms with Crippen molar-refractivity contribution in [1.82, 2.24) is 19.4 Å². The smallest absolute Gasteiger partial charge is 0.194 e. The number of nitrogens with zero attached hydrogens (tertiary/aromatic N) is 3. The summed E-state index contributed by atoms with van der Waals surface area (Å²) in [4.78, 5) is 14.0. The highest BCUT2D eigenvalue weighted by molar-refractivity contribution is 7.15. The number of H-pyrrole nitrogens is 1. The third-order valence-corrected chi connectivity index (χ3v) is 5.88. The molecule has 0 fully saturated rings. The van der Waals surface area contributed by atoms with Crippen LogP contribution in [0.5, 0.6) is 0 Å². The van der Waals surface area contributed by atoms with Gasteiger partial charge in [0.25, 0.3) is 0 Å². The third-order valence-electron chi connectivity index (χ3n) is 5.11. The number of thiazole rings is 1. The lowest BCUT2D eigenvalue weighted by molar-refractivity contribution is 1.23. The maximum Gasteiger partial charge on any atom is 0.194 e. The Kier molecular flexibility index (Phi) is 3.61. The third kappa shape index (κ3) is 2.83. The molecular formula is C24H16N4S. The van der Waals surface area contributed by atoms with E-state index in [1.54, 1.807) is 11.3 Å². The van der Waals surface area contributed by atoms with Crippen LogP contribution in [0.1, 0.15) is 0 Å². The number of rotatable bonds is 3. The van der Waals surface area contributed by atoms with Gasteiger partial charge in [0, 0.05) is 28.9 Å². The number of hydrogen-bond donors (Lipinski definition) is 1. The second kappa shape index (κ2) is 6.43. The van der Waals surface area contributed by atoms with Crippen molar-refractivity contribution in [1.29, 1.82) is 0 Å². The molecule has 0 unspecified atom stereocenters. The lowest BCUT2D eigenvalue weighted by atomic mass is 10.0. The topological polar surface area (TPSA) is 46.0 Å². The van der Waals surface area contributed by atoms with Gasteiger partial charge in [0.05, 0.1) is 16.7 Å². The first kappa shape index (κ1) is 16.3. The van der Waals surface area contributed by atoms with Crippen molar-refractivity contribution in [2.45, 2.75) is 0 Å². The zero-order chi connectivity index (χ0) is 19.2. The number of hydrogen-bond acceptors (Lipinski definition) is 3. The van der Waals surface area contributed by atoms with Crippen molar-refractivity contribution >= 4 is 27.3 Å². The average Bonchev–Trinajstić information content (AvgIpc) is 3.48. The first-order valence-electron chi connectivity index (χ1n) is 9.42. The molecule has 0 radical (unpaired) electrons. The lowest BCUT2D eigenvalue weighted by Gasteiger charge is -2.03. The molecule has 0 saturated heterocycles. The van der Waals surface area contributed by atoms with Crippen LogP contribution in [0.15, 0.2) is 90.6 Å². The fraction of sp³-hybridized carbons (Fsp3) is 0. The lowest BCUT2D eigenvalue weighted by Crippen LogP contribution is -1.82. The minimum Gasteiger partial charge on any atom is -0.338 e. The average molecular weight is 392 g/mol. The molecule has 5 heteroatoms. The summed E-state index contributed by atoms with van der Waals surface area (Å²) in [7, 11) is 0. The van der Waals surface area contributed by atoms with Crippen LogP contribution in [0.25, 0.3) is 49.8 Å². The van der Waals surface area contributed by atoms with E-state index in [1.165, 1.54) is 11.1 Å². The van der Waals surface area contributed by atoms with Gasteiger partial charge in [-0.2, -0.15) is 0 Å². The zero-order valence-corrected chi connectivity index (χ0v) is 16.2. The normalized spacial score (nSPS) is 11.4. The van der Waals surface area contributed by atoms with Gasteiger partial charge in [-0.3, -0.25) is 4.40 Å². The molecule has 0 atom stereocenters. The fourth-order valence-electron chi connectivity index (χ4n) is 3.65. The van der Waals surface area contributed by atoms with Crippen LogP contribution < -0.4 is 0 Å². The predicted octanol–water partition coefficient (Wildman–Crippen LogP) is 6.27. The molecule has 138 valence electrons.